The highest BCUT2D eigenvalue weighted by Crippen LogP contribution is 2.38. The summed E-state index contributed by atoms with van der Waals surface area (Å²) in [5.41, 5.74) is 9.54. The van der Waals surface area contributed by atoms with Crippen molar-refractivity contribution in [3.8, 4) is 5.75 Å². The molecule has 2 N–H and O–H groups in total. The minimum atomic E-state index is 0.286. The molecular weight excluding hydrogens is 282 g/mol. The fourth-order valence-corrected chi connectivity index (χ4v) is 2.85. The number of rotatable bonds is 8. The predicted molar refractivity (Wildman–Crippen MR) is 92.6 cm³/mol. The van der Waals surface area contributed by atoms with E-state index in [1.165, 1.54) is 5.56 Å². The van der Waals surface area contributed by atoms with E-state index in [1.807, 2.05) is 6.92 Å². The van der Waals surface area contributed by atoms with Gasteiger partial charge < -0.3 is 10.5 Å². The molecule has 120 valence electrons. The zero-order valence-corrected chi connectivity index (χ0v) is 14.9. The van der Waals surface area contributed by atoms with Crippen molar-refractivity contribution in [2.75, 3.05) is 6.61 Å². The van der Waals surface area contributed by atoms with Gasteiger partial charge in [-0.05, 0) is 62.6 Å². The highest BCUT2D eigenvalue weighted by atomic mass is 35.5. The van der Waals surface area contributed by atoms with Crippen LogP contribution in [-0.2, 0) is 0 Å². The van der Waals surface area contributed by atoms with Crippen molar-refractivity contribution in [2.24, 2.45) is 5.73 Å². The molecule has 1 rings (SSSR count). The average molecular weight is 312 g/mol. The molecule has 0 saturated carbocycles. The van der Waals surface area contributed by atoms with Crippen LogP contribution < -0.4 is 10.5 Å². The van der Waals surface area contributed by atoms with Gasteiger partial charge in [0.1, 0.15) is 5.75 Å². The fraction of sp³-hybridized carbons (Fsp3) is 0.667. The summed E-state index contributed by atoms with van der Waals surface area (Å²) >= 11 is 6.44. The van der Waals surface area contributed by atoms with Crippen molar-refractivity contribution in [2.45, 2.75) is 72.3 Å². The third-order valence-electron chi connectivity index (χ3n) is 4.14. The fourth-order valence-electron chi connectivity index (χ4n) is 2.69. The second kappa shape index (κ2) is 8.65. The molecule has 0 aromatic heterocycles. The smallest absolute Gasteiger partial charge is 0.123 e. The maximum Gasteiger partial charge on any atom is 0.123 e. The van der Waals surface area contributed by atoms with Crippen LogP contribution in [-0.4, -0.2) is 12.6 Å². The summed E-state index contributed by atoms with van der Waals surface area (Å²) in [7, 11) is 0. The molecule has 1 aromatic carbocycles. The van der Waals surface area contributed by atoms with E-state index in [-0.39, 0.29) is 6.04 Å². The van der Waals surface area contributed by atoms with Gasteiger partial charge in [-0.15, -0.1) is 0 Å². The lowest BCUT2D eigenvalue weighted by molar-refractivity contribution is 0.311. The molecule has 0 aliphatic rings. The van der Waals surface area contributed by atoms with Gasteiger partial charge in [0.25, 0.3) is 0 Å². The van der Waals surface area contributed by atoms with Crippen LogP contribution >= 0.6 is 11.6 Å². The van der Waals surface area contributed by atoms with E-state index in [1.54, 1.807) is 0 Å². The van der Waals surface area contributed by atoms with Gasteiger partial charge in [-0.2, -0.15) is 0 Å². The molecule has 0 bridgehead atoms. The number of halogens is 1. The first kappa shape index (κ1) is 18.3. The summed E-state index contributed by atoms with van der Waals surface area (Å²) in [5, 5.41) is 0.862. The molecule has 0 aliphatic carbocycles. The lowest BCUT2D eigenvalue weighted by Crippen LogP contribution is -2.19. The van der Waals surface area contributed by atoms with Gasteiger partial charge in [0, 0.05) is 16.6 Å². The molecule has 0 saturated heterocycles. The van der Waals surface area contributed by atoms with Crippen molar-refractivity contribution < 1.29 is 4.74 Å². The molecule has 3 heteroatoms. The van der Waals surface area contributed by atoms with E-state index in [2.05, 4.69) is 33.8 Å². The normalized spacial score (nSPS) is 14.0. The summed E-state index contributed by atoms with van der Waals surface area (Å²) in [6.45, 7) is 11.4. The summed E-state index contributed by atoms with van der Waals surface area (Å²) in [6, 6.07) is 2.37. The van der Waals surface area contributed by atoms with Crippen LogP contribution in [0, 0.1) is 13.8 Å². The molecule has 0 amide bonds. The highest BCUT2D eigenvalue weighted by molar-refractivity contribution is 6.32. The van der Waals surface area contributed by atoms with E-state index >= 15 is 0 Å². The van der Waals surface area contributed by atoms with Crippen LogP contribution in [0.15, 0.2) is 6.07 Å². The maximum atomic E-state index is 6.44. The number of ether oxygens (including phenoxy) is 1. The third-order valence-corrected chi connectivity index (χ3v) is 4.72. The Morgan fingerprint density at radius 1 is 1.24 bits per heavy atom. The second-order valence-electron chi connectivity index (χ2n) is 6.04. The summed E-state index contributed by atoms with van der Waals surface area (Å²) < 4.78 is 5.97. The van der Waals surface area contributed by atoms with Gasteiger partial charge in [0.2, 0.25) is 0 Å². The zero-order chi connectivity index (χ0) is 16.0. The van der Waals surface area contributed by atoms with Crippen molar-refractivity contribution >= 4 is 11.6 Å². The molecule has 0 heterocycles. The Kier molecular flexibility index (Phi) is 7.55. The van der Waals surface area contributed by atoms with E-state index < -0.39 is 0 Å². The standard InChI is InChI=1S/C18H30ClNO/c1-6-10-21-16-11-13(4)18(19)14(5)17(16)12(3)8-9-15(20)7-2/h11-12,15H,6-10,20H2,1-5H3. The molecule has 0 aliphatic heterocycles. The van der Waals surface area contributed by atoms with E-state index in [0.29, 0.717) is 5.92 Å². The molecule has 0 fully saturated rings. The first-order valence-corrected chi connectivity index (χ1v) is 8.48. The van der Waals surface area contributed by atoms with E-state index in [4.69, 9.17) is 22.1 Å². The van der Waals surface area contributed by atoms with E-state index in [0.717, 1.165) is 54.2 Å². The lowest BCUT2D eigenvalue weighted by Gasteiger charge is -2.22. The first-order valence-electron chi connectivity index (χ1n) is 8.10. The van der Waals surface area contributed by atoms with Crippen molar-refractivity contribution in [3.63, 3.8) is 0 Å². The van der Waals surface area contributed by atoms with Gasteiger partial charge in [0.05, 0.1) is 6.61 Å². The minimum Gasteiger partial charge on any atom is -0.493 e. The largest absolute Gasteiger partial charge is 0.493 e. The van der Waals surface area contributed by atoms with E-state index in [9.17, 15) is 0 Å². The van der Waals surface area contributed by atoms with Crippen LogP contribution in [0.1, 0.15) is 69.1 Å². The van der Waals surface area contributed by atoms with Crippen LogP contribution in [0.2, 0.25) is 5.02 Å². The number of hydrogen-bond acceptors (Lipinski definition) is 2. The molecule has 2 atom stereocenters. The minimum absolute atomic E-state index is 0.286. The molecule has 21 heavy (non-hydrogen) atoms. The Hall–Kier alpha value is -0.730. The van der Waals surface area contributed by atoms with Gasteiger partial charge >= 0.3 is 0 Å². The van der Waals surface area contributed by atoms with Gasteiger partial charge in [0.15, 0.2) is 0 Å². The molecular formula is C18H30ClNO. The predicted octanol–water partition coefficient (Wildman–Crippen LogP) is 5.37. The Labute approximate surface area is 135 Å². The van der Waals surface area contributed by atoms with Crippen molar-refractivity contribution in [1.82, 2.24) is 0 Å². The zero-order valence-electron chi connectivity index (χ0n) is 14.1. The van der Waals surface area contributed by atoms with Gasteiger partial charge in [-0.1, -0.05) is 32.4 Å². The Bertz CT molecular complexity index is 459. The number of benzene rings is 1. The first-order chi connectivity index (χ1) is 9.92. The number of hydrogen-bond donors (Lipinski definition) is 1. The molecule has 2 unspecified atom stereocenters. The Morgan fingerprint density at radius 2 is 1.90 bits per heavy atom. The van der Waals surface area contributed by atoms with Crippen LogP contribution in [0.3, 0.4) is 0 Å². The monoisotopic (exact) mass is 311 g/mol. The van der Waals surface area contributed by atoms with Crippen molar-refractivity contribution in [1.29, 1.82) is 0 Å². The molecule has 0 radical (unpaired) electrons. The topological polar surface area (TPSA) is 35.2 Å². The average Bonchev–Trinajstić information content (AvgIpc) is 2.47. The quantitative estimate of drug-likeness (QED) is 0.700. The SMILES string of the molecule is CCCOc1cc(C)c(Cl)c(C)c1C(C)CCC(N)CC. The van der Waals surface area contributed by atoms with Gasteiger partial charge in [-0.25, -0.2) is 0 Å². The molecule has 0 spiro atoms. The van der Waals surface area contributed by atoms with Crippen molar-refractivity contribution in [3.05, 3.63) is 27.8 Å². The van der Waals surface area contributed by atoms with Crippen LogP contribution in [0.25, 0.3) is 0 Å². The Morgan fingerprint density at radius 3 is 2.48 bits per heavy atom. The molecule has 1 aromatic rings. The van der Waals surface area contributed by atoms with Crippen LogP contribution in [0.4, 0.5) is 0 Å². The van der Waals surface area contributed by atoms with Crippen LogP contribution in [0.5, 0.6) is 5.75 Å². The lowest BCUT2D eigenvalue weighted by atomic mass is 9.89. The second-order valence-corrected chi connectivity index (χ2v) is 6.42. The highest BCUT2D eigenvalue weighted by Gasteiger charge is 2.19. The number of nitrogens with two attached hydrogens (primary N) is 1. The molecule has 2 nitrogen and oxygen atoms in total. The Balaban J connectivity index is 3.03. The summed E-state index contributed by atoms with van der Waals surface area (Å²) in [4.78, 5) is 0. The maximum absolute atomic E-state index is 6.44. The summed E-state index contributed by atoms with van der Waals surface area (Å²) in [5.74, 6) is 1.40. The summed E-state index contributed by atoms with van der Waals surface area (Å²) in [6.07, 6.45) is 4.14. The third kappa shape index (κ3) is 4.89. The van der Waals surface area contributed by atoms with Gasteiger partial charge in [-0.3, -0.25) is 0 Å². The number of aryl methyl sites for hydroxylation is 1.